The van der Waals surface area contributed by atoms with E-state index in [9.17, 15) is 18.4 Å². The number of amides is 1. The van der Waals surface area contributed by atoms with Crippen molar-refractivity contribution in [1.82, 2.24) is 0 Å². The maximum Gasteiger partial charge on any atom is 0.319 e. The highest BCUT2D eigenvalue weighted by Crippen LogP contribution is 2.43. The van der Waals surface area contributed by atoms with E-state index in [1.165, 1.54) is 13.1 Å². The largest absolute Gasteiger partial charge is 0.480 e. The van der Waals surface area contributed by atoms with Gasteiger partial charge in [-0.2, -0.15) is 0 Å². The third-order valence-corrected chi connectivity index (χ3v) is 3.62. The van der Waals surface area contributed by atoms with Crippen LogP contribution in [0.15, 0.2) is 18.2 Å². The van der Waals surface area contributed by atoms with Gasteiger partial charge in [0.05, 0.1) is 0 Å². The highest BCUT2D eigenvalue weighted by Gasteiger charge is 2.52. The zero-order valence-corrected chi connectivity index (χ0v) is 10.3. The smallest absolute Gasteiger partial charge is 0.319 e. The Kier molecular flexibility index (Phi) is 3.26. The Labute approximate surface area is 108 Å². The Morgan fingerprint density at radius 2 is 1.89 bits per heavy atom. The molecule has 0 bridgehead atoms. The molecule has 1 aliphatic rings. The maximum atomic E-state index is 13.1. The number of benzene rings is 1. The predicted molar refractivity (Wildman–Crippen MR) is 63.7 cm³/mol. The van der Waals surface area contributed by atoms with Crippen molar-refractivity contribution in [3.63, 3.8) is 0 Å². The summed E-state index contributed by atoms with van der Waals surface area (Å²) in [4.78, 5) is 24.5. The van der Waals surface area contributed by atoms with Gasteiger partial charge in [-0.1, -0.05) is 6.42 Å². The first kappa shape index (κ1) is 13.5. The normalized spacial score (nSPS) is 16.6. The van der Waals surface area contributed by atoms with Crippen LogP contribution >= 0.6 is 0 Å². The standard InChI is InChI=1S/C13H13F2NO3/c1-16(8-3-4-9(14)10(15)7-8)11(17)13(12(18)19)5-2-6-13/h3-4,7H,2,5-6H2,1H3,(H,18,19). The molecule has 102 valence electrons. The lowest BCUT2D eigenvalue weighted by atomic mass is 9.68. The molecule has 0 heterocycles. The van der Waals surface area contributed by atoms with Crippen molar-refractivity contribution in [2.75, 3.05) is 11.9 Å². The van der Waals surface area contributed by atoms with E-state index in [1.807, 2.05) is 0 Å². The SMILES string of the molecule is CN(C(=O)C1(C(=O)O)CCC1)c1ccc(F)c(F)c1. The van der Waals surface area contributed by atoms with Gasteiger partial charge in [-0.15, -0.1) is 0 Å². The summed E-state index contributed by atoms with van der Waals surface area (Å²) in [7, 11) is 1.36. The number of halogens is 2. The van der Waals surface area contributed by atoms with E-state index >= 15 is 0 Å². The summed E-state index contributed by atoms with van der Waals surface area (Å²) in [5.41, 5.74) is -1.28. The van der Waals surface area contributed by atoms with Crippen molar-refractivity contribution >= 4 is 17.6 Å². The Morgan fingerprint density at radius 3 is 2.32 bits per heavy atom. The van der Waals surface area contributed by atoms with E-state index in [4.69, 9.17) is 5.11 Å². The molecule has 0 saturated heterocycles. The van der Waals surface area contributed by atoms with Crippen LogP contribution in [0.2, 0.25) is 0 Å². The summed E-state index contributed by atoms with van der Waals surface area (Å²) >= 11 is 0. The average molecular weight is 269 g/mol. The minimum Gasteiger partial charge on any atom is -0.480 e. The summed E-state index contributed by atoms with van der Waals surface area (Å²) in [6, 6.07) is 3.02. The van der Waals surface area contributed by atoms with Gasteiger partial charge in [0.15, 0.2) is 11.6 Å². The number of carbonyl (C=O) groups is 2. The summed E-state index contributed by atoms with van der Waals surface area (Å²) in [6.07, 6.45) is 1.22. The fourth-order valence-corrected chi connectivity index (χ4v) is 2.18. The van der Waals surface area contributed by atoms with Crippen LogP contribution in [0.4, 0.5) is 14.5 Å². The second-order valence-corrected chi connectivity index (χ2v) is 4.70. The summed E-state index contributed by atoms with van der Waals surface area (Å²) in [6.45, 7) is 0. The highest BCUT2D eigenvalue weighted by atomic mass is 19.2. The molecule has 1 aromatic carbocycles. The van der Waals surface area contributed by atoms with Gasteiger partial charge >= 0.3 is 5.97 Å². The minimum absolute atomic E-state index is 0.136. The molecular formula is C13H13F2NO3. The van der Waals surface area contributed by atoms with Gasteiger partial charge in [0, 0.05) is 18.8 Å². The number of carbonyl (C=O) groups excluding carboxylic acids is 1. The van der Waals surface area contributed by atoms with Gasteiger partial charge in [-0.05, 0) is 25.0 Å². The predicted octanol–water partition coefficient (Wildman–Crippen LogP) is 2.18. The van der Waals surface area contributed by atoms with Crippen LogP contribution in [0.5, 0.6) is 0 Å². The number of aliphatic carboxylic acids is 1. The van der Waals surface area contributed by atoms with Crippen molar-refractivity contribution in [3.8, 4) is 0 Å². The van der Waals surface area contributed by atoms with Crippen molar-refractivity contribution in [1.29, 1.82) is 0 Å². The first-order chi connectivity index (χ1) is 8.88. The lowest BCUT2D eigenvalue weighted by Gasteiger charge is -2.38. The lowest BCUT2D eigenvalue weighted by molar-refractivity contribution is -0.160. The van der Waals surface area contributed by atoms with Crippen molar-refractivity contribution in [3.05, 3.63) is 29.8 Å². The zero-order valence-electron chi connectivity index (χ0n) is 10.3. The van der Waals surface area contributed by atoms with E-state index in [0.717, 1.165) is 17.0 Å². The Bertz CT molecular complexity index is 541. The number of carboxylic acid groups (broad SMARTS) is 1. The number of nitrogens with zero attached hydrogens (tertiary/aromatic N) is 1. The van der Waals surface area contributed by atoms with E-state index in [1.54, 1.807) is 0 Å². The number of anilines is 1. The minimum atomic E-state index is -1.42. The van der Waals surface area contributed by atoms with E-state index in [0.29, 0.717) is 6.42 Å². The average Bonchev–Trinajstić information content (AvgIpc) is 2.29. The van der Waals surface area contributed by atoms with Crippen molar-refractivity contribution in [2.45, 2.75) is 19.3 Å². The highest BCUT2D eigenvalue weighted by molar-refractivity contribution is 6.10. The van der Waals surface area contributed by atoms with Crippen LogP contribution in [-0.4, -0.2) is 24.0 Å². The Hall–Kier alpha value is -1.98. The molecule has 1 aromatic rings. The molecule has 0 atom stereocenters. The van der Waals surface area contributed by atoms with Gasteiger partial charge in [0.1, 0.15) is 5.41 Å². The molecule has 1 fully saturated rings. The molecule has 1 saturated carbocycles. The molecule has 6 heteroatoms. The summed E-state index contributed by atoms with van der Waals surface area (Å²) in [5, 5.41) is 9.17. The number of hydrogen-bond acceptors (Lipinski definition) is 2. The molecule has 0 radical (unpaired) electrons. The molecule has 2 rings (SSSR count). The van der Waals surface area contributed by atoms with Crippen LogP contribution in [0.1, 0.15) is 19.3 Å². The molecule has 0 unspecified atom stereocenters. The quantitative estimate of drug-likeness (QED) is 0.856. The van der Waals surface area contributed by atoms with E-state index < -0.39 is 28.9 Å². The molecule has 0 spiro atoms. The molecule has 1 N–H and O–H groups in total. The molecule has 0 aliphatic heterocycles. The zero-order chi connectivity index (χ0) is 14.2. The second-order valence-electron chi connectivity index (χ2n) is 4.70. The van der Waals surface area contributed by atoms with Gasteiger partial charge < -0.3 is 10.0 Å². The third-order valence-electron chi connectivity index (χ3n) is 3.62. The lowest BCUT2D eigenvalue weighted by Crippen LogP contribution is -2.51. The van der Waals surface area contributed by atoms with Gasteiger partial charge in [0.2, 0.25) is 5.91 Å². The Balaban J connectivity index is 2.28. The second kappa shape index (κ2) is 4.60. The van der Waals surface area contributed by atoms with Gasteiger partial charge in [0.25, 0.3) is 0 Å². The maximum absolute atomic E-state index is 13.1. The third kappa shape index (κ3) is 2.07. The number of hydrogen-bond donors (Lipinski definition) is 1. The van der Waals surface area contributed by atoms with Gasteiger partial charge in [-0.25, -0.2) is 8.78 Å². The van der Waals surface area contributed by atoms with Gasteiger partial charge in [-0.3, -0.25) is 9.59 Å². The molecule has 1 amide bonds. The summed E-state index contributed by atoms with van der Waals surface area (Å²) < 4.78 is 26.0. The molecule has 1 aliphatic carbocycles. The monoisotopic (exact) mass is 269 g/mol. The van der Waals surface area contributed by atoms with Crippen LogP contribution < -0.4 is 4.90 Å². The molecule has 19 heavy (non-hydrogen) atoms. The van der Waals surface area contributed by atoms with Crippen LogP contribution in [-0.2, 0) is 9.59 Å². The first-order valence-electron chi connectivity index (χ1n) is 5.85. The van der Waals surface area contributed by atoms with E-state index in [2.05, 4.69) is 0 Å². The summed E-state index contributed by atoms with van der Waals surface area (Å²) in [5.74, 6) is -3.85. The fraction of sp³-hybridized carbons (Fsp3) is 0.385. The molecular weight excluding hydrogens is 256 g/mol. The van der Waals surface area contributed by atoms with Crippen LogP contribution in [0, 0.1) is 17.0 Å². The van der Waals surface area contributed by atoms with Crippen LogP contribution in [0.3, 0.4) is 0 Å². The van der Waals surface area contributed by atoms with Crippen molar-refractivity contribution in [2.24, 2.45) is 5.41 Å². The number of rotatable bonds is 3. The topological polar surface area (TPSA) is 57.6 Å². The molecule has 0 aromatic heterocycles. The Morgan fingerprint density at radius 1 is 1.26 bits per heavy atom. The molecule has 4 nitrogen and oxygen atoms in total. The number of carboxylic acids is 1. The van der Waals surface area contributed by atoms with Crippen LogP contribution in [0.25, 0.3) is 0 Å². The van der Waals surface area contributed by atoms with E-state index in [-0.39, 0.29) is 18.5 Å². The van der Waals surface area contributed by atoms with Crippen molar-refractivity contribution < 1.29 is 23.5 Å². The fourth-order valence-electron chi connectivity index (χ4n) is 2.18. The first-order valence-corrected chi connectivity index (χ1v) is 5.85.